The van der Waals surface area contributed by atoms with Gasteiger partial charge in [0.25, 0.3) is 0 Å². The monoisotopic (exact) mass is 335 g/mol. The van der Waals surface area contributed by atoms with Crippen LogP contribution in [0, 0.1) is 5.82 Å². The summed E-state index contributed by atoms with van der Waals surface area (Å²) < 4.78 is 15.8. The number of hydrogen-bond donors (Lipinski definition) is 1. The number of halogens is 2. The van der Waals surface area contributed by atoms with Crippen LogP contribution in [0.15, 0.2) is 40.9 Å². The maximum Gasteiger partial charge on any atom is 0.337 e. The summed E-state index contributed by atoms with van der Waals surface area (Å²) in [5.74, 6) is -1.64. The molecular weight excluding hydrogens is 329 g/mol. The van der Waals surface area contributed by atoms with E-state index in [9.17, 15) is 14.3 Å². The van der Waals surface area contributed by atoms with Gasteiger partial charge in [0.2, 0.25) is 0 Å². The minimum absolute atomic E-state index is 0.0230. The lowest BCUT2D eigenvalue weighted by Crippen LogP contribution is -2.05. The van der Waals surface area contributed by atoms with E-state index in [0.29, 0.717) is 9.99 Å². The Bertz CT molecular complexity index is 832. The molecule has 0 aliphatic heterocycles. The van der Waals surface area contributed by atoms with Crippen molar-refractivity contribution in [3.05, 3.63) is 52.3 Å². The Morgan fingerprint density at radius 2 is 2.10 bits per heavy atom. The van der Waals surface area contributed by atoms with Crippen LogP contribution in [0.1, 0.15) is 10.4 Å². The lowest BCUT2D eigenvalue weighted by atomic mass is 10.2. The van der Waals surface area contributed by atoms with Crippen molar-refractivity contribution >= 4 is 32.9 Å². The number of aromatic carboxylic acids is 1. The zero-order chi connectivity index (χ0) is 14.3. The van der Waals surface area contributed by atoms with Gasteiger partial charge in [-0.05, 0) is 30.3 Å². The first-order chi connectivity index (χ1) is 9.58. The van der Waals surface area contributed by atoms with E-state index < -0.39 is 11.8 Å². The molecule has 2 aromatic carbocycles. The predicted octanol–water partition coefficient (Wildman–Crippen LogP) is 3.02. The third-order valence-corrected chi connectivity index (χ3v) is 3.33. The first-order valence-electron chi connectivity index (χ1n) is 5.61. The number of carboxylic acid groups (broad SMARTS) is 1. The highest BCUT2D eigenvalue weighted by atomic mass is 79.9. The fourth-order valence-corrected chi connectivity index (χ4v) is 2.30. The Balaban J connectivity index is 2.34. The van der Waals surface area contributed by atoms with Crippen LogP contribution >= 0.6 is 15.9 Å². The second kappa shape index (κ2) is 4.68. The molecule has 0 radical (unpaired) electrons. The summed E-state index contributed by atoms with van der Waals surface area (Å²) in [5, 5.41) is 16.9. The van der Waals surface area contributed by atoms with E-state index in [1.54, 1.807) is 18.2 Å². The molecule has 1 aromatic heterocycles. The quantitative estimate of drug-likeness (QED) is 0.781. The first-order valence-corrected chi connectivity index (χ1v) is 6.40. The van der Waals surface area contributed by atoms with Gasteiger partial charge in [0, 0.05) is 4.47 Å². The highest BCUT2D eigenvalue weighted by Crippen LogP contribution is 2.24. The molecule has 0 unspecified atom stereocenters. The molecule has 3 aromatic rings. The van der Waals surface area contributed by atoms with Crippen LogP contribution in [0.5, 0.6) is 0 Å². The molecule has 0 aliphatic carbocycles. The smallest absolute Gasteiger partial charge is 0.337 e. The van der Waals surface area contributed by atoms with Crippen molar-refractivity contribution in [1.82, 2.24) is 15.0 Å². The summed E-state index contributed by atoms with van der Waals surface area (Å²) in [5.41, 5.74) is 0.827. The second-order valence-electron chi connectivity index (χ2n) is 4.08. The van der Waals surface area contributed by atoms with Crippen molar-refractivity contribution in [3.8, 4) is 5.69 Å². The molecule has 0 saturated carbocycles. The van der Waals surface area contributed by atoms with Crippen molar-refractivity contribution < 1.29 is 14.3 Å². The number of para-hydroxylation sites is 1. The molecule has 20 heavy (non-hydrogen) atoms. The van der Waals surface area contributed by atoms with Gasteiger partial charge in [0.05, 0.1) is 5.56 Å². The second-order valence-corrected chi connectivity index (χ2v) is 4.99. The standard InChI is InChI=1S/C13H7BrFN3O2/c14-7-4-5-11(9(15)6-7)18-12-8(13(19)20)2-1-3-10(12)16-17-18/h1-6H,(H,19,20). The van der Waals surface area contributed by atoms with Crippen LogP contribution in [0.4, 0.5) is 4.39 Å². The van der Waals surface area contributed by atoms with Gasteiger partial charge >= 0.3 is 5.97 Å². The molecule has 0 fully saturated rings. The van der Waals surface area contributed by atoms with Crippen molar-refractivity contribution in [3.63, 3.8) is 0 Å². The molecule has 7 heteroatoms. The van der Waals surface area contributed by atoms with Crippen molar-refractivity contribution in [2.24, 2.45) is 0 Å². The molecule has 0 saturated heterocycles. The Morgan fingerprint density at radius 1 is 1.30 bits per heavy atom. The molecule has 1 N–H and O–H groups in total. The van der Waals surface area contributed by atoms with Crippen molar-refractivity contribution in [2.45, 2.75) is 0 Å². The van der Waals surface area contributed by atoms with E-state index in [4.69, 9.17) is 0 Å². The molecule has 5 nitrogen and oxygen atoms in total. The predicted molar refractivity (Wildman–Crippen MR) is 73.5 cm³/mol. The third-order valence-electron chi connectivity index (χ3n) is 2.84. The molecule has 100 valence electrons. The van der Waals surface area contributed by atoms with Crippen molar-refractivity contribution in [2.75, 3.05) is 0 Å². The van der Waals surface area contributed by atoms with E-state index >= 15 is 0 Å². The molecule has 1 heterocycles. The molecule has 0 aliphatic rings. The Morgan fingerprint density at radius 3 is 2.80 bits per heavy atom. The van der Waals surface area contributed by atoms with Crippen LogP contribution in [-0.4, -0.2) is 26.1 Å². The average Bonchev–Trinajstić information content (AvgIpc) is 2.82. The van der Waals surface area contributed by atoms with Gasteiger partial charge in [-0.3, -0.25) is 0 Å². The van der Waals surface area contributed by atoms with Gasteiger partial charge in [0.1, 0.15) is 22.5 Å². The largest absolute Gasteiger partial charge is 0.478 e. The topological polar surface area (TPSA) is 68.0 Å². The fourth-order valence-electron chi connectivity index (χ4n) is 1.97. The van der Waals surface area contributed by atoms with Gasteiger partial charge in [-0.2, -0.15) is 0 Å². The summed E-state index contributed by atoms with van der Waals surface area (Å²) in [6.45, 7) is 0. The molecule has 3 rings (SSSR count). The zero-order valence-corrected chi connectivity index (χ0v) is 11.5. The van der Waals surface area contributed by atoms with Crippen LogP contribution in [0.25, 0.3) is 16.7 Å². The summed E-state index contributed by atoms with van der Waals surface area (Å²) in [6.07, 6.45) is 0. The number of carboxylic acids is 1. The highest BCUT2D eigenvalue weighted by molar-refractivity contribution is 9.10. The van der Waals surface area contributed by atoms with Crippen LogP contribution in [0.2, 0.25) is 0 Å². The van der Waals surface area contributed by atoms with Gasteiger partial charge < -0.3 is 5.11 Å². The number of nitrogens with zero attached hydrogens (tertiary/aromatic N) is 3. The zero-order valence-electron chi connectivity index (χ0n) is 9.92. The number of benzene rings is 2. The van der Waals surface area contributed by atoms with Crippen molar-refractivity contribution in [1.29, 1.82) is 0 Å². The lowest BCUT2D eigenvalue weighted by Gasteiger charge is -2.06. The minimum Gasteiger partial charge on any atom is -0.478 e. The average molecular weight is 336 g/mol. The summed E-state index contributed by atoms with van der Waals surface area (Å²) in [4.78, 5) is 11.3. The maximum absolute atomic E-state index is 14.0. The van der Waals surface area contributed by atoms with E-state index in [2.05, 4.69) is 26.2 Å². The number of rotatable bonds is 2. The Hall–Kier alpha value is -2.28. The highest BCUT2D eigenvalue weighted by Gasteiger charge is 2.17. The minimum atomic E-state index is -1.11. The molecule has 0 atom stereocenters. The number of fused-ring (bicyclic) bond motifs is 1. The summed E-state index contributed by atoms with van der Waals surface area (Å²) >= 11 is 3.17. The fraction of sp³-hybridized carbons (Fsp3) is 0. The Labute approximate surface area is 120 Å². The van der Waals surface area contributed by atoms with Crippen LogP contribution in [0.3, 0.4) is 0 Å². The summed E-state index contributed by atoms with van der Waals surface area (Å²) in [7, 11) is 0. The third kappa shape index (κ3) is 1.96. The number of aromatic nitrogens is 3. The SMILES string of the molecule is O=C(O)c1cccc2nnn(-c3ccc(Br)cc3F)c12. The molecule has 0 spiro atoms. The van der Waals surface area contributed by atoms with E-state index in [1.807, 2.05) is 0 Å². The normalized spacial score (nSPS) is 10.9. The van der Waals surface area contributed by atoms with E-state index in [0.717, 1.165) is 0 Å². The van der Waals surface area contributed by atoms with Gasteiger partial charge in [-0.1, -0.05) is 27.2 Å². The van der Waals surface area contributed by atoms with Gasteiger partial charge in [-0.15, -0.1) is 5.10 Å². The number of hydrogen-bond acceptors (Lipinski definition) is 3. The van der Waals surface area contributed by atoms with E-state index in [-0.39, 0.29) is 16.8 Å². The van der Waals surface area contributed by atoms with Crippen LogP contribution < -0.4 is 0 Å². The number of carbonyl (C=O) groups is 1. The summed E-state index contributed by atoms with van der Waals surface area (Å²) in [6, 6.07) is 9.07. The Kier molecular flexibility index (Phi) is 2.98. The first kappa shape index (κ1) is 12.7. The van der Waals surface area contributed by atoms with Gasteiger partial charge in [0.15, 0.2) is 0 Å². The van der Waals surface area contributed by atoms with E-state index in [1.165, 1.54) is 22.9 Å². The molecule has 0 amide bonds. The molecule has 0 bridgehead atoms. The molecular formula is C13H7BrFN3O2. The van der Waals surface area contributed by atoms with Crippen LogP contribution in [-0.2, 0) is 0 Å². The van der Waals surface area contributed by atoms with Gasteiger partial charge in [-0.25, -0.2) is 13.9 Å². The maximum atomic E-state index is 14.0. The lowest BCUT2D eigenvalue weighted by molar-refractivity contribution is 0.0698.